The number of hydrogen-bond donors (Lipinski definition) is 0. The zero-order valence-electron chi connectivity index (χ0n) is 6.53. The van der Waals surface area contributed by atoms with E-state index in [-0.39, 0.29) is 31.1 Å². The molecule has 62 valence electrons. The van der Waals surface area contributed by atoms with Crippen molar-refractivity contribution in [1.29, 1.82) is 0 Å². The molecule has 0 bridgehead atoms. The van der Waals surface area contributed by atoms with Crippen molar-refractivity contribution in [3.05, 3.63) is 40.2 Å². The van der Waals surface area contributed by atoms with Crippen molar-refractivity contribution >= 4 is 27.5 Å². The summed E-state index contributed by atoms with van der Waals surface area (Å²) in [6, 6.07) is 6.81. The zero-order valence-corrected chi connectivity index (χ0v) is 13.0. The first-order valence-corrected chi connectivity index (χ1v) is 4.56. The van der Waals surface area contributed by atoms with E-state index in [1.807, 2.05) is 12.1 Å². The summed E-state index contributed by atoms with van der Waals surface area (Å²) in [4.78, 5) is 0. The van der Waals surface area contributed by atoms with E-state index in [2.05, 4.69) is 28.9 Å². The Hall–Kier alpha value is 1.04. The van der Waals surface area contributed by atoms with Crippen molar-refractivity contribution in [3.8, 4) is 0 Å². The maximum absolute atomic E-state index is 5.76. The summed E-state index contributed by atoms with van der Waals surface area (Å²) >= 11 is 9.17. The molecule has 12 heavy (non-hydrogen) atoms. The molecule has 3 heteroatoms. The number of benzene rings is 1. The molecule has 0 heterocycles. The van der Waals surface area contributed by atoms with E-state index < -0.39 is 0 Å². The van der Waals surface area contributed by atoms with Gasteiger partial charge in [-0.05, 0) is 0 Å². The van der Waals surface area contributed by atoms with Crippen LogP contribution in [0.5, 0.6) is 0 Å². The molecule has 0 aliphatic heterocycles. The van der Waals surface area contributed by atoms with Gasteiger partial charge in [-0.3, -0.25) is 0 Å². The van der Waals surface area contributed by atoms with Crippen LogP contribution in [0, 0.1) is 44.1 Å². The average molecular weight is 470 g/mol. The zero-order chi connectivity index (χ0) is 8.27. The van der Waals surface area contributed by atoms with Crippen LogP contribution in [0.3, 0.4) is 0 Å². The molecule has 0 saturated heterocycles. The molecule has 1 aromatic carbocycles. The monoisotopic (exact) mass is 468 g/mol. The summed E-state index contributed by atoms with van der Waals surface area (Å²) in [5, 5.41) is 0.664. The molecule has 0 spiro atoms. The Kier molecular flexibility index (Phi) is 7.05. The van der Waals surface area contributed by atoms with Gasteiger partial charge in [0.1, 0.15) is 0 Å². The Morgan fingerprint density at radius 3 is 2.75 bits per heavy atom. The van der Waals surface area contributed by atoms with E-state index in [1.165, 1.54) is 0 Å². The van der Waals surface area contributed by atoms with Crippen molar-refractivity contribution < 1.29 is 31.1 Å². The first-order valence-electron chi connectivity index (χ1n) is 3.39. The minimum Gasteiger partial charge on any atom is -0.343 e. The van der Waals surface area contributed by atoms with Gasteiger partial charge in [0.05, 0.1) is 0 Å². The van der Waals surface area contributed by atoms with Crippen molar-refractivity contribution in [1.82, 2.24) is 0 Å². The molecule has 0 aliphatic rings. The van der Waals surface area contributed by atoms with Gasteiger partial charge in [-0.25, -0.2) is 0 Å². The molecule has 1 aromatic rings. The summed E-state index contributed by atoms with van der Waals surface area (Å²) in [7, 11) is 0. The van der Waals surface area contributed by atoms with E-state index in [1.54, 1.807) is 0 Å². The maximum Gasteiger partial charge on any atom is 2.00 e. The summed E-state index contributed by atoms with van der Waals surface area (Å²) in [6.45, 7) is 3.77. The first-order chi connectivity index (χ1) is 5.24. The SMILES string of the molecule is [CH2-]CCc1[c-]c(Cl)ccc1Br.[U+2]. The molecule has 0 atom stereocenters. The van der Waals surface area contributed by atoms with Gasteiger partial charge < -0.3 is 6.92 Å². The molecule has 0 radical (unpaired) electrons. The Morgan fingerprint density at radius 2 is 2.17 bits per heavy atom. The van der Waals surface area contributed by atoms with E-state index >= 15 is 0 Å². The van der Waals surface area contributed by atoms with Crippen LogP contribution in [0.15, 0.2) is 16.6 Å². The summed E-state index contributed by atoms with van der Waals surface area (Å²) in [5.74, 6) is 0. The van der Waals surface area contributed by atoms with Crippen LogP contribution < -0.4 is 0 Å². The summed E-state index contributed by atoms with van der Waals surface area (Å²) in [5.41, 5.74) is 1.10. The summed E-state index contributed by atoms with van der Waals surface area (Å²) in [6.07, 6.45) is 1.79. The fraction of sp³-hybridized carbons (Fsp3) is 0.222. The van der Waals surface area contributed by atoms with E-state index in [9.17, 15) is 0 Å². The molecular formula is C9H8BrClU. The third-order valence-electron chi connectivity index (χ3n) is 1.36. The van der Waals surface area contributed by atoms with Gasteiger partial charge in [-0.2, -0.15) is 24.6 Å². The van der Waals surface area contributed by atoms with Gasteiger partial charge in [0, 0.05) is 0 Å². The normalized spacial score (nSPS) is 9.25. The van der Waals surface area contributed by atoms with Crippen molar-refractivity contribution in [3.63, 3.8) is 0 Å². The standard InChI is InChI=1S/C9H8BrCl.U/c1-2-3-7-6-8(11)4-5-9(7)10;/h4-5H,1-3H2;/q-2;+2. The minimum atomic E-state index is 0. The minimum absolute atomic E-state index is 0. The summed E-state index contributed by atoms with van der Waals surface area (Å²) < 4.78 is 1.06. The molecule has 0 saturated carbocycles. The topological polar surface area (TPSA) is 0 Å². The molecule has 0 aromatic heterocycles. The van der Waals surface area contributed by atoms with Crippen molar-refractivity contribution in [2.75, 3.05) is 0 Å². The van der Waals surface area contributed by atoms with Gasteiger partial charge in [0.2, 0.25) is 0 Å². The smallest absolute Gasteiger partial charge is 0.343 e. The van der Waals surface area contributed by atoms with Crippen molar-refractivity contribution in [2.45, 2.75) is 12.8 Å². The van der Waals surface area contributed by atoms with Crippen LogP contribution in [0.1, 0.15) is 12.0 Å². The average Bonchev–Trinajstić information content (AvgIpc) is 1.98. The molecule has 1 rings (SSSR count). The van der Waals surface area contributed by atoms with E-state index in [0.717, 1.165) is 22.9 Å². The number of aryl methyl sites for hydroxylation is 1. The van der Waals surface area contributed by atoms with E-state index in [4.69, 9.17) is 11.6 Å². The second-order valence-electron chi connectivity index (χ2n) is 2.24. The predicted molar refractivity (Wildman–Crippen MR) is 51.7 cm³/mol. The predicted octanol–water partition coefficient (Wildman–Crippen LogP) is 3.67. The molecule has 0 aliphatic carbocycles. The molecule has 0 fully saturated rings. The number of hydrogen-bond acceptors (Lipinski definition) is 0. The fourth-order valence-corrected chi connectivity index (χ4v) is 1.46. The Labute approximate surface area is 111 Å². The molecular weight excluding hydrogens is 461 g/mol. The van der Waals surface area contributed by atoms with Gasteiger partial charge in [0.25, 0.3) is 0 Å². The van der Waals surface area contributed by atoms with Gasteiger partial charge >= 0.3 is 31.1 Å². The largest absolute Gasteiger partial charge is 2.00 e. The van der Waals surface area contributed by atoms with Gasteiger partial charge in [-0.15, -0.1) is 33.1 Å². The third-order valence-corrected chi connectivity index (χ3v) is 2.32. The first kappa shape index (κ1) is 13.0. The van der Waals surface area contributed by atoms with Gasteiger partial charge in [-0.1, -0.05) is 15.9 Å². The molecule has 0 unspecified atom stereocenters. The quantitative estimate of drug-likeness (QED) is 0.580. The van der Waals surface area contributed by atoms with Crippen LogP contribution in [0.4, 0.5) is 0 Å². The Balaban J connectivity index is 0.00000121. The van der Waals surface area contributed by atoms with E-state index in [0.29, 0.717) is 5.02 Å². The van der Waals surface area contributed by atoms with Crippen LogP contribution in [-0.2, 0) is 6.42 Å². The fourth-order valence-electron chi connectivity index (χ4n) is 0.851. The van der Waals surface area contributed by atoms with Crippen LogP contribution in [0.25, 0.3) is 0 Å². The van der Waals surface area contributed by atoms with Crippen LogP contribution in [-0.4, -0.2) is 0 Å². The Bertz CT molecular complexity index is 250. The molecule has 0 amide bonds. The van der Waals surface area contributed by atoms with Crippen molar-refractivity contribution in [2.24, 2.45) is 0 Å². The maximum atomic E-state index is 5.76. The van der Waals surface area contributed by atoms with Gasteiger partial charge in [0.15, 0.2) is 0 Å². The third kappa shape index (κ3) is 3.83. The second kappa shape index (κ2) is 6.49. The van der Waals surface area contributed by atoms with Crippen LogP contribution in [0.2, 0.25) is 5.02 Å². The number of halogens is 2. The Morgan fingerprint density at radius 1 is 1.50 bits per heavy atom. The number of rotatable bonds is 2. The van der Waals surface area contributed by atoms with Crippen LogP contribution >= 0.6 is 27.5 Å². The molecule has 0 N–H and O–H groups in total. The molecule has 0 nitrogen and oxygen atoms in total. The second-order valence-corrected chi connectivity index (χ2v) is 3.50.